The van der Waals surface area contributed by atoms with Crippen molar-refractivity contribution in [2.75, 3.05) is 20.1 Å². The van der Waals surface area contributed by atoms with Crippen LogP contribution in [0.25, 0.3) is 0 Å². The lowest BCUT2D eigenvalue weighted by molar-refractivity contribution is -0.118. The average Bonchev–Trinajstić information content (AvgIpc) is 2.15. The number of carbonyl (C=O) groups is 1. The molecular weight excluding hydrogens is 208 g/mol. The summed E-state index contributed by atoms with van der Waals surface area (Å²) in [6, 6.07) is 0.0151. The Labute approximate surface area is 96.9 Å². The second-order valence-corrected chi connectivity index (χ2v) is 5.30. The van der Waals surface area contributed by atoms with E-state index >= 15 is 0 Å². The third-order valence-electron chi connectivity index (χ3n) is 2.58. The predicted molar refractivity (Wildman–Crippen MR) is 60.4 cm³/mol. The molecule has 1 aliphatic heterocycles. The van der Waals surface area contributed by atoms with Crippen LogP contribution in [0.5, 0.6) is 0 Å². The minimum absolute atomic E-state index is 0.0151. The fraction of sp³-hybridized carbons (Fsp3) is 0.909. The summed E-state index contributed by atoms with van der Waals surface area (Å²) in [5.41, 5.74) is -0.463. The first-order chi connectivity index (χ1) is 7.29. The number of likely N-dealkylation sites (tertiary alicyclic amines) is 1. The molecule has 0 aromatic rings. The highest BCUT2D eigenvalue weighted by Crippen LogP contribution is 2.17. The van der Waals surface area contributed by atoms with Gasteiger partial charge in [0.1, 0.15) is 5.60 Å². The lowest BCUT2D eigenvalue weighted by atomic mass is 10.1. The first-order valence-electron chi connectivity index (χ1n) is 5.69. The van der Waals surface area contributed by atoms with E-state index in [0.717, 1.165) is 12.8 Å². The van der Waals surface area contributed by atoms with Crippen molar-refractivity contribution in [3.05, 3.63) is 0 Å². The van der Waals surface area contributed by atoms with Crippen molar-refractivity contribution in [1.82, 2.24) is 9.96 Å². The Hall–Kier alpha value is -0.810. The van der Waals surface area contributed by atoms with Crippen molar-refractivity contribution in [3.63, 3.8) is 0 Å². The molecule has 1 N–H and O–H groups in total. The van der Waals surface area contributed by atoms with E-state index < -0.39 is 5.60 Å². The van der Waals surface area contributed by atoms with Gasteiger partial charge in [-0.3, -0.25) is 0 Å². The summed E-state index contributed by atoms with van der Waals surface area (Å²) < 4.78 is 5.29. The number of likely N-dealkylation sites (N-methyl/N-ethyl adjacent to an activating group) is 1. The highest BCUT2D eigenvalue weighted by atomic mass is 16.6. The van der Waals surface area contributed by atoms with Crippen LogP contribution in [0.4, 0.5) is 4.79 Å². The molecule has 5 nitrogen and oxygen atoms in total. The number of carbonyl (C=O) groups excluding carboxylic acids is 1. The monoisotopic (exact) mass is 230 g/mol. The number of hydrogen-bond acceptors (Lipinski definition) is 4. The fourth-order valence-corrected chi connectivity index (χ4v) is 1.75. The third kappa shape index (κ3) is 3.98. The van der Waals surface area contributed by atoms with E-state index in [9.17, 15) is 10.0 Å². The lowest BCUT2D eigenvalue weighted by Gasteiger charge is -2.35. The largest absolute Gasteiger partial charge is 0.444 e. The molecule has 1 atom stereocenters. The molecule has 94 valence electrons. The van der Waals surface area contributed by atoms with E-state index in [-0.39, 0.29) is 12.1 Å². The van der Waals surface area contributed by atoms with Gasteiger partial charge in [0.25, 0.3) is 0 Å². The van der Waals surface area contributed by atoms with Crippen LogP contribution >= 0.6 is 0 Å². The third-order valence-corrected chi connectivity index (χ3v) is 2.58. The van der Waals surface area contributed by atoms with Crippen LogP contribution in [0.15, 0.2) is 0 Å². The second-order valence-electron chi connectivity index (χ2n) is 5.30. The zero-order valence-corrected chi connectivity index (χ0v) is 10.6. The van der Waals surface area contributed by atoms with E-state index in [0.29, 0.717) is 13.1 Å². The van der Waals surface area contributed by atoms with Gasteiger partial charge in [-0.25, -0.2) is 4.79 Å². The van der Waals surface area contributed by atoms with Crippen molar-refractivity contribution >= 4 is 6.09 Å². The molecule has 1 rings (SSSR count). The Balaban J connectivity index is 2.50. The van der Waals surface area contributed by atoms with Gasteiger partial charge in [-0.2, -0.15) is 5.06 Å². The summed E-state index contributed by atoms with van der Waals surface area (Å²) in [5, 5.41) is 10.5. The van der Waals surface area contributed by atoms with Crippen molar-refractivity contribution in [3.8, 4) is 0 Å². The summed E-state index contributed by atoms with van der Waals surface area (Å²) in [5.74, 6) is 0. The summed E-state index contributed by atoms with van der Waals surface area (Å²) in [6.07, 6.45) is 1.51. The van der Waals surface area contributed by atoms with Gasteiger partial charge in [0.05, 0.1) is 6.04 Å². The zero-order chi connectivity index (χ0) is 12.3. The lowest BCUT2D eigenvalue weighted by Crippen LogP contribution is -2.49. The standard InChI is InChI=1S/C11H22N2O3/c1-11(2,3)16-10(14)13-7-5-6-9(8-13)12(4)15/h9,15H,5-8H2,1-4H3/t9-/m1/s1. The van der Waals surface area contributed by atoms with Gasteiger partial charge < -0.3 is 14.8 Å². The normalized spacial score (nSPS) is 22.4. The Morgan fingerprint density at radius 3 is 2.62 bits per heavy atom. The highest BCUT2D eigenvalue weighted by molar-refractivity contribution is 5.68. The first-order valence-corrected chi connectivity index (χ1v) is 5.69. The van der Waals surface area contributed by atoms with Crippen LogP contribution in [0.1, 0.15) is 33.6 Å². The van der Waals surface area contributed by atoms with E-state index in [4.69, 9.17) is 4.74 Å². The number of hydroxylamine groups is 2. The molecule has 0 unspecified atom stereocenters. The van der Waals surface area contributed by atoms with Crippen LogP contribution in [0.2, 0.25) is 0 Å². The Bertz CT molecular complexity index is 248. The number of ether oxygens (including phenoxy) is 1. The highest BCUT2D eigenvalue weighted by Gasteiger charge is 2.28. The molecular formula is C11H22N2O3. The molecule has 1 saturated heterocycles. The molecule has 0 aromatic carbocycles. The fourth-order valence-electron chi connectivity index (χ4n) is 1.75. The van der Waals surface area contributed by atoms with Gasteiger partial charge in [-0.05, 0) is 33.6 Å². The van der Waals surface area contributed by atoms with Crippen molar-refractivity contribution < 1.29 is 14.7 Å². The smallest absolute Gasteiger partial charge is 0.410 e. The maximum atomic E-state index is 11.8. The molecule has 1 amide bonds. The molecule has 0 aromatic heterocycles. The maximum Gasteiger partial charge on any atom is 0.410 e. The van der Waals surface area contributed by atoms with Crippen LogP contribution < -0.4 is 0 Å². The second kappa shape index (κ2) is 5.01. The molecule has 0 aliphatic carbocycles. The van der Waals surface area contributed by atoms with Crippen molar-refractivity contribution in [2.45, 2.75) is 45.3 Å². The van der Waals surface area contributed by atoms with E-state index in [1.54, 1.807) is 11.9 Å². The van der Waals surface area contributed by atoms with Crippen LogP contribution in [0.3, 0.4) is 0 Å². The summed E-state index contributed by atoms with van der Waals surface area (Å²) in [4.78, 5) is 13.4. The number of piperidine rings is 1. The minimum Gasteiger partial charge on any atom is -0.444 e. The Kier molecular flexibility index (Phi) is 4.15. The topological polar surface area (TPSA) is 53.0 Å². The molecule has 16 heavy (non-hydrogen) atoms. The van der Waals surface area contributed by atoms with Gasteiger partial charge in [0.15, 0.2) is 0 Å². The Morgan fingerprint density at radius 2 is 2.12 bits per heavy atom. The molecule has 0 bridgehead atoms. The van der Waals surface area contributed by atoms with Gasteiger partial charge in [-0.15, -0.1) is 0 Å². The Morgan fingerprint density at radius 1 is 1.50 bits per heavy atom. The van der Waals surface area contributed by atoms with E-state index in [1.807, 2.05) is 20.8 Å². The summed E-state index contributed by atoms with van der Waals surface area (Å²) in [6.45, 7) is 6.79. The molecule has 0 saturated carbocycles. The summed E-state index contributed by atoms with van der Waals surface area (Å²) >= 11 is 0. The van der Waals surface area contributed by atoms with Gasteiger partial charge >= 0.3 is 6.09 Å². The van der Waals surface area contributed by atoms with Gasteiger partial charge in [-0.1, -0.05) is 0 Å². The van der Waals surface area contributed by atoms with E-state index in [2.05, 4.69) is 0 Å². The van der Waals surface area contributed by atoms with Crippen molar-refractivity contribution in [1.29, 1.82) is 0 Å². The van der Waals surface area contributed by atoms with Gasteiger partial charge in [0.2, 0.25) is 0 Å². The van der Waals surface area contributed by atoms with Crippen LogP contribution in [-0.4, -0.2) is 53.0 Å². The molecule has 0 spiro atoms. The molecule has 0 radical (unpaired) electrons. The molecule has 1 fully saturated rings. The van der Waals surface area contributed by atoms with E-state index in [1.165, 1.54) is 5.06 Å². The van der Waals surface area contributed by atoms with Crippen molar-refractivity contribution in [2.24, 2.45) is 0 Å². The maximum absolute atomic E-state index is 11.8. The number of nitrogens with zero attached hydrogens (tertiary/aromatic N) is 2. The van der Waals surface area contributed by atoms with Gasteiger partial charge in [0, 0.05) is 20.1 Å². The van der Waals surface area contributed by atoms with Crippen LogP contribution in [0, 0.1) is 0 Å². The van der Waals surface area contributed by atoms with Crippen LogP contribution in [-0.2, 0) is 4.74 Å². The average molecular weight is 230 g/mol. The molecule has 5 heteroatoms. The predicted octanol–water partition coefficient (Wildman–Crippen LogP) is 1.71. The minimum atomic E-state index is -0.463. The number of rotatable bonds is 1. The number of hydrogen-bond donors (Lipinski definition) is 1. The summed E-state index contributed by atoms with van der Waals surface area (Å²) in [7, 11) is 1.61. The SMILES string of the molecule is CN(O)[C@@H]1CCCN(C(=O)OC(C)(C)C)C1. The zero-order valence-electron chi connectivity index (χ0n) is 10.6. The number of amides is 1. The molecule has 1 aliphatic rings. The molecule has 1 heterocycles. The first kappa shape index (κ1) is 13.3. The quantitative estimate of drug-likeness (QED) is 0.697.